The normalized spacial score (nSPS) is 12.2. The Hall–Kier alpha value is -1.99. The number of nitrogens with zero attached hydrogens (tertiary/aromatic N) is 2. The number of rotatable bonds is 60. The molecule has 1 aliphatic rings. The minimum Gasteiger partial charge on any atom is -0.493 e. The average Bonchev–Trinajstić information content (AvgIpc) is 1.64. The van der Waals surface area contributed by atoms with Gasteiger partial charge in [0.1, 0.15) is 0 Å². The average molecular weight is 1300 g/mol. The minimum atomic E-state index is 0. The first kappa shape index (κ1) is 89.0. The molecular formula is C88H158N2Ni. The zero-order chi connectivity index (χ0) is 65.8. The number of hydrogen-bond acceptors (Lipinski definition) is 0. The molecule has 3 heteroatoms. The predicted molar refractivity (Wildman–Crippen MR) is 409 cm³/mol. The summed E-state index contributed by atoms with van der Waals surface area (Å²) in [6, 6.07) is 10.2. The molecule has 0 unspecified atom stereocenters. The van der Waals surface area contributed by atoms with Crippen LogP contribution >= 0.6 is 0 Å². The second kappa shape index (κ2) is 65.3. The number of unbranched alkanes of at least 4 members (excludes halogenated alkanes) is 42. The fourth-order valence-electron chi connectivity index (χ4n) is 13.9. The van der Waals surface area contributed by atoms with E-state index in [1.807, 2.05) is 0 Å². The van der Waals surface area contributed by atoms with Crippen LogP contribution in [0.15, 0.2) is 35.4 Å². The summed E-state index contributed by atoms with van der Waals surface area (Å²) < 4.78 is 1.74. The molecule has 0 N–H and O–H groups in total. The van der Waals surface area contributed by atoms with Crippen molar-refractivity contribution in [1.82, 2.24) is 0 Å². The molecule has 2 aromatic rings. The summed E-state index contributed by atoms with van der Waals surface area (Å²) in [4.78, 5) is 0. The monoisotopic (exact) mass is 1300 g/mol. The SMILES string of the molecule is CCCCCCCCc1c(CCCC)cc(C2=C(CCCC)C(CCCCCC)=C(c3cc(CCCC)c(CCCCCCCC)c(CCCC)c3)[N+]2=[N-])cc1CCCC.[CH2-]CCCCCCCCCCCCCC.[CH2-]CCCCCCCCCCCCCC.[Ni+2]. The van der Waals surface area contributed by atoms with Gasteiger partial charge in [0.15, 0.2) is 0 Å². The van der Waals surface area contributed by atoms with E-state index in [9.17, 15) is 5.53 Å². The quantitative estimate of drug-likeness (QED) is 0.0273. The van der Waals surface area contributed by atoms with Gasteiger partial charge in [-0.3, -0.25) is 0 Å². The molecule has 0 aromatic heterocycles. The van der Waals surface area contributed by atoms with Crippen LogP contribution in [0.4, 0.5) is 0 Å². The van der Waals surface area contributed by atoms with Crippen LogP contribution in [0, 0.1) is 13.8 Å². The first-order valence-electron chi connectivity index (χ1n) is 41.1. The van der Waals surface area contributed by atoms with E-state index in [1.165, 1.54) is 343 Å². The fraction of sp³-hybridized carbons (Fsp3) is 0.795. The second-order valence-electron chi connectivity index (χ2n) is 28.4. The van der Waals surface area contributed by atoms with Gasteiger partial charge in [-0.05, 0) is 160 Å². The molecule has 0 fully saturated rings. The van der Waals surface area contributed by atoms with Crippen molar-refractivity contribution < 1.29 is 21.2 Å². The summed E-state index contributed by atoms with van der Waals surface area (Å²) in [5.74, 6) is 0. The van der Waals surface area contributed by atoms with Crippen molar-refractivity contribution >= 4 is 11.4 Å². The van der Waals surface area contributed by atoms with Gasteiger partial charge in [-0.25, -0.2) is 4.70 Å². The zero-order valence-electron chi connectivity index (χ0n) is 63.4. The third-order valence-electron chi connectivity index (χ3n) is 19.8. The topological polar surface area (TPSA) is 25.3 Å². The molecule has 530 valence electrons. The zero-order valence-corrected chi connectivity index (χ0v) is 64.3. The number of allylic oxidation sites excluding steroid dienone is 2. The Morgan fingerprint density at radius 1 is 0.242 bits per heavy atom. The first-order chi connectivity index (χ1) is 44.3. The molecule has 0 saturated heterocycles. The Balaban J connectivity index is 0.00000213. The van der Waals surface area contributed by atoms with Gasteiger partial charge < -0.3 is 19.4 Å². The van der Waals surface area contributed by atoms with Gasteiger partial charge in [0.2, 0.25) is 11.4 Å². The largest absolute Gasteiger partial charge is 2.00 e. The van der Waals surface area contributed by atoms with Crippen LogP contribution in [0.1, 0.15) is 460 Å². The number of benzene rings is 2. The molecule has 0 radical (unpaired) electrons. The molecule has 1 aliphatic heterocycles. The van der Waals surface area contributed by atoms with E-state index < -0.39 is 0 Å². The van der Waals surface area contributed by atoms with Crippen LogP contribution in [0.25, 0.3) is 16.9 Å². The van der Waals surface area contributed by atoms with Crippen LogP contribution < -0.4 is 0 Å². The van der Waals surface area contributed by atoms with E-state index in [4.69, 9.17) is 0 Å². The third kappa shape index (κ3) is 42.3. The molecule has 0 saturated carbocycles. The second-order valence-corrected chi connectivity index (χ2v) is 28.4. The van der Waals surface area contributed by atoms with E-state index in [1.54, 1.807) is 38.1 Å². The van der Waals surface area contributed by atoms with Crippen molar-refractivity contribution in [2.75, 3.05) is 0 Å². The van der Waals surface area contributed by atoms with Crippen LogP contribution in [-0.4, -0.2) is 4.70 Å². The smallest absolute Gasteiger partial charge is 0.493 e. The summed E-state index contributed by atoms with van der Waals surface area (Å²) in [6.07, 6.45) is 78.9. The summed E-state index contributed by atoms with van der Waals surface area (Å²) >= 11 is 0. The molecule has 0 bridgehead atoms. The van der Waals surface area contributed by atoms with E-state index in [0.717, 1.165) is 75.6 Å². The van der Waals surface area contributed by atoms with Crippen molar-refractivity contribution in [3.63, 3.8) is 0 Å². The number of hydrogen-bond donors (Lipinski definition) is 0. The predicted octanol–water partition coefficient (Wildman–Crippen LogP) is 31.0. The molecular weight excluding hydrogens is 1140 g/mol. The maximum Gasteiger partial charge on any atom is 2.00 e. The Morgan fingerprint density at radius 3 is 0.670 bits per heavy atom. The van der Waals surface area contributed by atoms with Crippen molar-refractivity contribution in [2.24, 2.45) is 0 Å². The van der Waals surface area contributed by atoms with Crippen LogP contribution in [-0.2, 0) is 55.0 Å². The Bertz CT molecular complexity index is 1910. The van der Waals surface area contributed by atoms with Gasteiger partial charge in [0.05, 0.1) is 0 Å². The van der Waals surface area contributed by atoms with Gasteiger partial charge in [0.25, 0.3) is 0 Å². The minimum absolute atomic E-state index is 0. The van der Waals surface area contributed by atoms with Crippen molar-refractivity contribution in [2.45, 2.75) is 454 Å². The maximum absolute atomic E-state index is 13.0. The van der Waals surface area contributed by atoms with E-state index in [-0.39, 0.29) is 16.5 Å². The van der Waals surface area contributed by atoms with Crippen molar-refractivity contribution in [3.8, 4) is 0 Å². The van der Waals surface area contributed by atoms with Crippen molar-refractivity contribution in [3.05, 3.63) is 99.3 Å². The standard InChI is InChI=1S/C58H96N2.2C15H31.Ni/c1-9-17-25-28-30-33-40-53-47(35-20-12-4)43-51(44-48(53)36-21-13-5)57-55(39-24-16-8)56(42-32-27-19-11-3)58(60(57)59)52-45-49(37-22-14-6)54(50(46-52)38-23-15-7)41-34-31-29-26-18-10-2;2*1-3-5-7-9-11-13-15-14-12-10-8-6-4-2;/h43-46H,9-42H2,1-8H3;2*1,3-15H2,2H3;/q;2*-1;+2. The molecule has 91 heavy (non-hydrogen) atoms. The maximum atomic E-state index is 13.0. The first-order valence-corrected chi connectivity index (χ1v) is 41.1. The Kier molecular flexibility index (Phi) is 63.9. The molecule has 0 spiro atoms. The Labute approximate surface area is 582 Å². The van der Waals surface area contributed by atoms with E-state index >= 15 is 0 Å². The van der Waals surface area contributed by atoms with Crippen molar-refractivity contribution in [1.29, 1.82) is 0 Å². The molecule has 0 aliphatic carbocycles. The van der Waals surface area contributed by atoms with Crippen LogP contribution in [0.5, 0.6) is 0 Å². The molecule has 2 aromatic carbocycles. The van der Waals surface area contributed by atoms with Gasteiger partial charge in [-0.2, -0.15) is 12.8 Å². The van der Waals surface area contributed by atoms with Gasteiger partial charge >= 0.3 is 16.5 Å². The third-order valence-corrected chi connectivity index (χ3v) is 19.8. The molecule has 0 amide bonds. The summed E-state index contributed by atoms with van der Waals surface area (Å²) in [7, 11) is 0. The van der Waals surface area contributed by atoms with E-state index in [0.29, 0.717) is 0 Å². The van der Waals surface area contributed by atoms with Gasteiger partial charge in [-0.15, -0.1) is 0 Å². The van der Waals surface area contributed by atoms with E-state index in [2.05, 4.69) is 107 Å². The summed E-state index contributed by atoms with van der Waals surface area (Å²) in [5, 5.41) is 0. The Morgan fingerprint density at radius 2 is 0.429 bits per heavy atom. The van der Waals surface area contributed by atoms with Gasteiger partial charge in [0, 0.05) is 22.3 Å². The van der Waals surface area contributed by atoms with Gasteiger partial charge in [-0.1, -0.05) is 339 Å². The molecule has 1 heterocycles. The summed E-state index contributed by atoms with van der Waals surface area (Å²) in [6.45, 7) is 31.0. The van der Waals surface area contributed by atoms with Crippen LogP contribution in [0.2, 0.25) is 0 Å². The fourth-order valence-corrected chi connectivity index (χ4v) is 13.9. The summed E-state index contributed by atoms with van der Waals surface area (Å²) in [5.41, 5.74) is 30.2. The molecule has 2 nitrogen and oxygen atoms in total. The molecule has 0 atom stereocenters. The molecule has 3 rings (SSSR count). The number of aryl methyl sites for hydroxylation is 4. The van der Waals surface area contributed by atoms with Crippen LogP contribution in [0.3, 0.4) is 0 Å².